The van der Waals surface area contributed by atoms with Crippen LogP contribution in [-0.4, -0.2) is 14.0 Å². The lowest BCUT2D eigenvalue weighted by Crippen LogP contribution is -2.43. The Balaban J connectivity index is 3.07. The Morgan fingerprint density at radius 3 is 2.50 bits per heavy atom. The number of anilines is 1. The fraction of sp³-hybridized carbons (Fsp3) is 0.500. The van der Waals surface area contributed by atoms with Gasteiger partial charge in [-0.05, 0) is 38.5 Å². The van der Waals surface area contributed by atoms with Gasteiger partial charge in [-0.1, -0.05) is 13.3 Å². The summed E-state index contributed by atoms with van der Waals surface area (Å²) in [7, 11) is -3.87. The van der Waals surface area contributed by atoms with Gasteiger partial charge in [-0.15, -0.1) is 0 Å². The molecule has 0 bridgehead atoms. The van der Waals surface area contributed by atoms with E-state index in [-0.39, 0.29) is 10.6 Å². The first kappa shape index (κ1) is 14.9. The molecule has 0 amide bonds. The smallest absolute Gasteiger partial charge is 0.243 e. The summed E-state index contributed by atoms with van der Waals surface area (Å²) >= 11 is 0. The van der Waals surface area contributed by atoms with E-state index in [0.717, 1.165) is 12.5 Å². The average molecular weight is 274 g/mol. The number of halogens is 1. The van der Waals surface area contributed by atoms with E-state index in [1.807, 2.05) is 6.92 Å². The van der Waals surface area contributed by atoms with Crippen LogP contribution in [0.3, 0.4) is 0 Å². The number of hydrogen-bond acceptors (Lipinski definition) is 3. The molecule has 6 heteroatoms. The highest BCUT2D eigenvalue weighted by atomic mass is 32.2. The van der Waals surface area contributed by atoms with Gasteiger partial charge in [0.2, 0.25) is 10.0 Å². The second-order valence-electron chi connectivity index (χ2n) is 4.93. The molecular weight excluding hydrogens is 255 g/mol. The van der Waals surface area contributed by atoms with E-state index in [4.69, 9.17) is 5.73 Å². The van der Waals surface area contributed by atoms with E-state index < -0.39 is 21.4 Å². The molecule has 1 aromatic rings. The maximum absolute atomic E-state index is 13.6. The van der Waals surface area contributed by atoms with Crippen molar-refractivity contribution in [1.82, 2.24) is 4.72 Å². The first-order chi connectivity index (χ1) is 8.18. The summed E-state index contributed by atoms with van der Waals surface area (Å²) < 4.78 is 40.2. The number of nitrogens with two attached hydrogens (primary N) is 1. The molecule has 0 heterocycles. The van der Waals surface area contributed by atoms with Crippen molar-refractivity contribution in [3.8, 4) is 0 Å². The van der Waals surface area contributed by atoms with Crippen molar-refractivity contribution in [2.45, 2.75) is 44.0 Å². The molecule has 0 unspecified atom stereocenters. The van der Waals surface area contributed by atoms with Crippen LogP contribution in [0.1, 0.15) is 33.6 Å². The Labute approximate surface area is 107 Å². The van der Waals surface area contributed by atoms with E-state index in [0.29, 0.717) is 6.42 Å². The molecule has 3 N–H and O–H groups in total. The Bertz CT molecular complexity index is 527. The molecule has 0 atom stereocenters. The van der Waals surface area contributed by atoms with E-state index >= 15 is 0 Å². The third kappa shape index (κ3) is 3.68. The first-order valence-electron chi connectivity index (χ1n) is 5.77. The van der Waals surface area contributed by atoms with Crippen molar-refractivity contribution in [2.75, 3.05) is 5.73 Å². The number of rotatable bonds is 5. The molecule has 1 rings (SSSR count). The van der Waals surface area contributed by atoms with Gasteiger partial charge < -0.3 is 5.73 Å². The third-order valence-electron chi connectivity index (χ3n) is 2.53. The Kier molecular flexibility index (Phi) is 4.34. The zero-order chi connectivity index (χ0) is 14.0. The predicted octanol–water partition coefficient (Wildman–Crippen LogP) is 2.26. The summed E-state index contributed by atoms with van der Waals surface area (Å²) in [6.45, 7) is 5.49. The van der Waals surface area contributed by atoms with Crippen molar-refractivity contribution in [3.63, 3.8) is 0 Å². The molecule has 0 saturated carbocycles. The average Bonchev–Trinajstić information content (AvgIpc) is 2.14. The van der Waals surface area contributed by atoms with Gasteiger partial charge in [0, 0.05) is 11.2 Å². The molecule has 0 fully saturated rings. The monoisotopic (exact) mass is 274 g/mol. The minimum atomic E-state index is -3.87. The lowest BCUT2D eigenvalue weighted by atomic mass is 10.0. The van der Waals surface area contributed by atoms with Crippen molar-refractivity contribution in [1.29, 1.82) is 0 Å². The summed E-state index contributed by atoms with van der Waals surface area (Å²) in [5.41, 5.74) is 4.97. The van der Waals surface area contributed by atoms with E-state index in [1.165, 1.54) is 12.1 Å². The molecule has 18 heavy (non-hydrogen) atoms. The van der Waals surface area contributed by atoms with Gasteiger partial charge in [0.05, 0.1) is 0 Å². The van der Waals surface area contributed by atoms with Crippen LogP contribution in [0, 0.1) is 5.82 Å². The van der Waals surface area contributed by atoms with Crippen molar-refractivity contribution in [3.05, 3.63) is 24.0 Å². The molecule has 0 saturated heterocycles. The van der Waals surface area contributed by atoms with Crippen LogP contribution >= 0.6 is 0 Å². The topological polar surface area (TPSA) is 72.2 Å². The normalized spacial score (nSPS) is 12.7. The molecular formula is C12H19FN2O2S. The zero-order valence-electron chi connectivity index (χ0n) is 10.8. The van der Waals surface area contributed by atoms with Crippen LogP contribution in [0.2, 0.25) is 0 Å². The first-order valence-corrected chi connectivity index (χ1v) is 7.25. The third-order valence-corrected chi connectivity index (χ3v) is 4.26. The molecule has 0 radical (unpaired) electrons. The number of benzene rings is 1. The molecule has 1 aromatic carbocycles. The number of sulfonamides is 1. The highest BCUT2D eigenvalue weighted by molar-refractivity contribution is 7.89. The van der Waals surface area contributed by atoms with Gasteiger partial charge in [-0.2, -0.15) is 0 Å². The minimum absolute atomic E-state index is 0.194. The summed E-state index contributed by atoms with van der Waals surface area (Å²) in [4.78, 5) is -0.374. The van der Waals surface area contributed by atoms with Crippen LogP contribution in [0.25, 0.3) is 0 Å². The fourth-order valence-electron chi connectivity index (χ4n) is 1.83. The van der Waals surface area contributed by atoms with Crippen LogP contribution in [0.4, 0.5) is 10.1 Å². The molecule has 102 valence electrons. The van der Waals surface area contributed by atoms with Gasteiger partial charge in [0.25, 0.3) is 0 Å². The standard InChI is InChI=1S/C12H19FN2O2S/c1-4-7-12(2,3)15-18(16,17)11-6-5-9(14)8-10(11)13/h5-6,8,15H,4,7,14H2,1-3H3. The molecule has 0 aliphatic heterocycles. The maximum Gasteiger partial charge on any atom is 0.243 e. The molecule has 0 spiro atoms. The quantitative estimate of drug-likeness (QED) is 0.809. The summed E-state index contributed by atoms with van der Waals surface area (Å²) in [5, 5.41) is 0. The lowest BCUT2D eigenvalue weighted by molar-refractivity contribution is 0.416. The van der Waals surface area contributed by atoms with Crippen molar-refractivity contribution >= 4 is 15.7 Å². The Hall–Kier alpha value is -1.14. The Morgan fingerprint density at radius 2 is 2.00 bits per heavy atom. The summed E-state index contributed by atoms with van der Waals surface area (Å²) in [5.74, 6) is -0.838. The van der Waals surface area contributed by atoms with Gasteiger partial charge in [0.1, 0.15) is 10.7 Å². The van der Waals surface area contributed by atoms with Gasteiger partial charge in [-0.3, -0.25) is 0 Å². The van der Waals surface area contributed by atoms with Crippen LogP contribution in [-0.2, 0) is 10.0 Å². The molecule has 0 aromatic heterocycles. The highest BCUT2D eigenvalue weighted by Gasteiger charge is 2.27. The lowest BCUT2D eigenvalue weighted by Gasteiger charge is -2.25. The zero-order valence-corrected chi connectivity index (χ0v) is 11.6. The van der Waals surface area contributed by atoms with E-state index in [9.17, 15) is 12.8 Å². The van der Waals surface area contributed by atoms with Gasteiger partial charge in [-0.25, -0.2) is 17.5 Å². The SMILES string of the molecule is CCCC(C)(C)NS(=O)(=O)c1ccc(N)cc1F. The molecule has 4 nitrogen and oxygen atoms in total. The van der Waals surface area contributed by atoms with Crippen LogP contribution < -0.4 is 10.5 Å². The van der Waals surface area contributed by atoms with Crippen molar-refractivity contribution < 1.29 is 12.8 Å². The van der Waals surface area contributed by atoms with E-state index in [2.05, 4.69) is 4.72 Å². The largest absolute Gasteiger partial charge is 0.399 e. The highest BCUT2D eigenvalue weighted by Crippen LogP contribution is 2.20. The Morgan fingerprint density at radius 1 is 1.39 bits per heavy atom. The number of nitrogens with one attached hydrogen (secondary N) is 1. The molecule has 0 aliphatic rings. The fourth-order valence-corrected chi connectivity index (χ4v) is 3.33. The second-order valence-corrected chi connectivity index (χ2v) is 6.58. The van der Waals surface area contributed by atoms with E-state index in [1.54, 1.807) is 13.8 Å². The molecule has 0 aliphatic carbocycles. The van der Waals surface area contributed by atoms with Gasteiger partial charge in [0.15, 0.2) is 0 Å². The number of hydrogen-bond donors (Lipinski definition) is 2. The second kappa shape index (κ2) is 5.24. The summed E-state index contributed by atoms with van der Waals surface area (Å²) in [6.07, 6.45) is 1.50. The minimum Gasteiger partial charge on any atom is -0.399 e. The van der Waals surface area contributed by atoms with Crippen molar-refractivity contribution in [2.24, 2.45) is 0 Å². The van der Waals surface area contributed by atoms with Crippen LogP contribution in [0.5, 0.6) is 0 Å². The predicted molar refractivity (Wildman–Crippen MR) is 70.1 cm³/mol. The maximum atomic E-state index is 13.6. The summed E-state index contributed by atoms with van der Waals surface area (Å²) in [6, 6.07) is 3.54. The number of nitrogen functional groups attached to an aromatic ring is 1. The van der Waals surface area contributed by atoms with Crippen LogP contribution in [0.15, 0.2) is 23.1 Å². The van der Waals surface area contributed by atoms with Gasteiger partial charge >= 0.3 is 0 Å².